The number of rotatable bonds is 3. The van der Waals surface area contributed by atoms with Crippen molar-refractivity contribution in [2.75, 3.05) is 20.7 Å². The molecule has 3 nitrogen and oxygen atoms in total. The molecule has 0 heterocycles. The molecule has 3 heteroatoms. The number of ether oxygens (including phenoxy) is 1. The van der Waals surface area contributed by atoms with Gasteiger partial charge in [-0.15, -0.1) is 0 Å². The monoisotopic (exact) mass is 265 g/mol. The normalized spacial score (nSPS) is 26.1. The van der Waals surface area contributed by atoms with Crippen molar-refractivity contribution in [2.45, 2.75) is 38.2 Å². The van der Waals surface area contributed by atoms with Gasteiger partial charge in [0.05, 0.1) is 6.10 Å². The van der Waals surface area contributed by atoms with E-state index in [4.69, 9.17) is 9.84 Å². The van der Waals surface area contributed by atoms with E-state index in [1.807, 2.05) is 32.4 Å². The summed E-state index contributed by atoms with van der Waals surface area (Å²) in [7, 11) is 3.85. The molecule has 0 radical (unpaired) electrons. The lowest BCUT2D eigenvalue weighted by molar-refractivity contribution is 0.0247. The molecule has 19 heavy (non-hydrogen) atoms. The average Bonchev–Trinajstić information content (AvgIpc) is 2.68. The molecule has 2 N–H and O–H groups in total. The number of hydrogen-bond acceptors (Lipinski definition) is 3. The molecule has 108 valence electrons. The highest BCUT2D eigenvalue weighted by molar-refractivity contribution is 5.20. The lowest BCUT2D eigenvalue weighted by atomic mass is 9.86. The smallest absolute Gasteiger partial charge is 0.111 e. The van der Waals surface area contributed by atoms with Crippen LogP contribution in [0.25, 0.3) is 0 Å². The number of nitrogens with one attached hydrogen (secondary N) is 1. The fourth-order valence-electron chi connectivity index (χ4n) is 2.55. The van der Waals surface area contributed by atoms with Crippen molar-refractivity contribution < 1.29 is 9.84 Å². The van der Waals surface area contributed by atoms with Gasteiger partial charge in [-0.3, -0.25) is 0 Å². The Kier molecular flexibility index (Phi) is 8.26. The van der Waals surface area contributed by atoms with Gasteiger partial charge in [-0.05, 0) is 44.4 Å². The van der Waals surface area contributed by atoms with Crippen LogP contribution in [0.5, 0.6) is 0 Å². The predicted molar refractivity (Wildman–Crippen MR) is 80.3 cm³/mol. The average molecular weight is 265 g/mol. The number of aliphatic hydroxyl groups excluding tert-OH is 1. The SMILES string of the molecule is CNCC1CCCC[C@H]1OC.OC1=CCC=CC=C1. The third kappa shape index (κ3) is 6.60. The maximum Gasteiger partial charge on any atom is 0.111 e. The lowest BCUT2D eigenvalue weighted by Crippen LogP contribution is -2.33. The van der Waals surface area contributed by atoms with E-state index in [0.717, 1.165) is 18.9 Å². The first-order valence-corrected chi connectivity index (χ1v) is 7.17. The zero-order valence-electron chi connectivity index (χ0n) is 12.1. The fourth-order valence-corrected chi connectivity index (χ4v) is 2.55. The van der Waals surface area contributed by atoms with E-state index in [-0.39, 0.29) is 0 Å². The van der Waals surface area contributed by atoms with E-state index in [1.54, 1.807) is 12.2 Å². The van der Waals surface area contributed by atoms with Gasteiger partial charge in [0, 0.05) is 13.7 Å². The Balaban J connectivity index is 0.000000200. The van der Waals surface area contributed by atoms with Crippen LogP contribution in [-0.2, 0) is 4.74 Å². The summed E-state index contributed by atoms with van der Waals surface area (Å²) in [5, 5.41) is 12.0. The summed E-state index contributed by atoms with van der Waals surface area (Å²) < 4.78 is 5.42. The van der Waals surface area contributed by atoms with Crippen molar-refractivity contribution in [3.05, 3.63) is 36.1 Å². The molecule has 0 amide bonds. The van der Waals surface area contributed by atoms with Crippen LogP contribution in [0.4, 0.5) is 0 Å². The van der Waals surface area contributed by atoms with Crippen molar-refractivity contribution >= 4 is 0 Å². The van der Waals surface area contributed by atoms with Gasteiger partial charge in [0.1, 0.15) is 5.76 Å². The Morgan fingerprint density at radius 2 is 2.11 bits per heavy atom. The molecular formula is C16H27NO2. The summed E-state index contributed by atoms with van der Waals surface area (Å²) in [6, 6.07) is 0. The van der Waals surface area contributed by atoms with Crippen LogP contribution in [-0.4, -0.2) is 31.9 Å². The topological polar surface area (TPSA) is 41.5 Å². The van der Waals surface area contributed by atoms with Crippen LogP contribution >= 0.6 is 0 Å². The van der Waals surface area contributed by atoms with Crippen LogP contribution in [0.3, 0.4) is 0 Å². The molecular weight excluding hydrogens is 238 g/mol. The van der Waals surface area contributed by atoms with E-state index < -0.39 is 0 Å². The molecule has 2 atom stereocenters. The van der Waals surface area contributed by atoms with Gasteiger partial charge in [-0.2, -0.15) is 0 Å². The molecule has 2 aliphatic rings. The van der Waals surface area contributed by atoms with Crippen molar-refractivity contribution in [1.82, 2.24) is 5.32 Å². The minimum atomic E-state index is 0.356. The standard InChI is InChI=1S/C9H19NO.C7H8O/c1-10-7-8-5-3-4-6-9(8)11-2;8-7-5-3-1-2-4-6-7/h8-10H,3-7H2,1-2H3;1-3,5-6,8H,4H2/t8?,9-;/m1./s1. The Hall–Kier alpha value is -1.06. The van der Waals surface area contributed by atoms with Crippen molar-refractivity contribution in [3.63, 3.8) is 0 Å². The summed E-state index contributed by atoms with van der Waals surface area (Å²) in [6.07, 6.45) is 15.8. The van der Waals surface area contributed by atoms with Crippen LogP contribution in [0.2, 0.25) is 0 Å². The molecule has 2 aliphatic carbocycles. The summed E-state index contributed by atoms with van der Waals surface area (Å²) in [5.74, 6) is 1.11. The highest BCUT2D eigenvalue weighted by Gasteiger charge is 2.23. The van der Waals surface area contributed by atoms with Gasteiger partial charge < -0.3 is 15.2 Å². The van der Waals surface area contributed by atoms with Gasteiger partial charge in [-0.1, -0.05) is 31.1 Å². The van der Waals surface area contributed by atoms with E-state index in [9.17, 15) is 0 Å². The van der Waals surface area contributed by atoms with Crippen molar-refractivity contribution in [2.24, 2.45) is 5.92 Å². The zero-order valence-corrected chi connectivity index (χ0v) is 12.1. The second-order valence-electron chi connectivity index (χ2n) is 5.03. The van der Waals surface area contributed by atoms with Crippen LogP contribution in [0.15, 0.2) is 36.1 Å². The Bertz CT molecular complexity index is 316. The number of aliphatic hydroxyl groups is 1. The second-order valence-corrected chi connectivity index (χ2v) is 5.03. The highest BCUT2D eigenvalue weighted by Crippen LogP contribution is 2.25. The highest BCUT2D eigenvalue weighted by atomic mass is 16.5. The maximum absolute atomic E-state index is 8.82. The van der Waals surface area contributed by atoms with Crippen LogP contribution in [0.1, 0.15) is 32.1 Å². The van der Waals surface area contributed by atoms with Crippen LogP contribution in [0, 0.1) is 5.92 Å². The van der Waals surface area contributed by atoms with Gasteiger partial charge in [0.2, 0.25) is 0 Å². The number of methoxy groups -OCH3 is 1. The number of allylic oxidation sites excluding steroid dienone is 5. The quantitative estimate of drug-likeness (QED) is 0.822. The number of hydrogen-bond donors (Lipinski definition) is 2. The van der Waals surface area contributed by atoms with Crippen molar-refractivity contribution in [3.8, 4) is 0 Å². The largest absolute Gasteiger partial charge is 0.508 e. The summed E-state index contributed by atoms with van der Waals surface area (Å²) in [6.45, 7) is 1.11. The molecule has 1 unspecified atom stereocenters. The van der Waals surface area contributed by atoms with Gasteiger partial charge in [-0.25, -0.2) is 0 Å². The first kappa shape index (κ1) is 16.0. The zero-order chi connectivity index (χ0) is 13.9. The molecule has 0 aliphatic heterocycles. The Labute approximate surface area is 117 Å². The first-order chi connectivity index (χ1) is 9.27. The van der Waals surface area contributed by atoms with E-state index in [2.05, 4.69) is 5.32 Å². The predicted octanol–water partition coefficient (Wildman–Crippen LogP) is 3.36. The summed E-state index contributed by atoms with van der Waals surface area (Å²) in [5.41, 5.74) is 0. The lowest BCUT2D eigenvalue weighted by Gasteiger charge is -2.30. The van der Waals surface area contributed by atoms with E-state index >= 15 is 0 Å². The summed E-state index contributed by atoms with van der Waals surface area (Å²) >= 11 is 0. The second kappa shape index (κ2) is 9.82. The molecule has 1 saturated carbocycles. The molecule has 1 fully saturated rings. The molecule has 0 spiro atoms. The summed E-state index contributed by atoms with van der Waals surface area (Å²) in [4.78, 5) is 0. The minimum absolute atomic E-state index is 0.356. The van der Waals surface area contributed by atoms with E-state index in [1.165, 1.54) is 25.7 Å². The Morgan fingerprint density at radius 1 is 1.32 bits per heavy atom. The molecule has 0 aromatic rings. The fraction of sp³-hybridized carbons (Fsp3) is 0.625. The third-order valence-electron chi connectivity index (χ3n) is 3.59. The molecule has 0 saturated heterocycles. The first-order valence-electron chi connectivity index (χ1n) is 7.17. The molecule has 0 aromatic carbocycles. The van der Waals surface area contributed by atoms with Gasteiger partial charge >= 0.3 is 0 Å². The molecule has 0 bridgehead atoms. The maximum atomic E-state index is 8.82. The van der Waals surface area contributed by atoms with Crippen LogP contribution < -0.4 is 5.32 Å². The van der Waals surface area contributed by atoms with Gasteiger partial charge in [0.25, 0.3) is 0 Å². The van der Waals surface area contributed by atoms with Crippen molar-refractivity contribution in [1.29, 1.82) is 0 Å². The Morgan fingerprint density at radius 3 is 2.84 bits per heavy atom. The minimum Gasteiger partial charge on any atom is -0.508 e. The van der Waals surface area contributed by atoms with E-state index in [0.29, 0.717) is 11.9 Å². The molecule has 0 aromatic heterocycles. The van der Waals surface area contributed by atoms with Gasteiger partial charge in [0.15, 0.2) is 0 Å². The third-order valence-corrected chi connectivity index (χ3v) is 3.59. The molecule has 2 rings (SSSR count).